The molecule has 2 rings (SSSR count). The van der Waals surface area contributed by atoms with Gasteiger partial charge < -0.3 is 9.47 Å². The van der Waals surface area contributed by atoms with Crippen LogP contribution in [0.2, 0.25) is 0 Å². The molecule has 0 fully saturated rings. The van der Waals surface area contributed by atoms with Crippen molar-refractivity contribution in [2.45, 2.75) is 38.6 Å². The summed E-state index contributed by atoms with van der Waals surface area (Å²) in [5.41, 5.74) is 9.40. The van der Waals surface area contributed by atoms with E-state index in [4.69, 9.17) is 15.0 Å². The van der Waals surface area contributed by atoms with E-state index in [2.05, 4.69) is 16.9 Å². The van der Waals surface area contributed by atoms with Crippen LogP contribution < -0.4 is 9.47 Å². The van der Waals surface area contributed by atoms with Gasteiger partial charge in [0.25, 0.3) is 0 Å². The van der Waals surface area contributed by atoms with Gasteiger partial charge in [-0.25, -0.2) is 0 Å². The number of rotatable bonds is 8. The molecule has 0 radical (unpaired) electrons. The zero-order chi connectivity index (χ0) is 18.4. The molecule has 0 amide bonds. The lowest BCUT2D eigenvalue weighted by Gasteiger charge is -2.22. The maximum absolute atomic E-state index is 13.0. The highest BCUT2D eigenvalue weighted by Crippen LogP contribution is 2.37. The summed E-state index contributed by atoms with van der Waals surface area (Å²) in [6.45, 7) is 2.06. The van der Waals surface area contributed by atoms with Crippen LogP contribution in [0.15, 0.2) is 28.9 Å². The Kier molecular flexibility index (Phi) is 6.19. The molecule has 7 heteroatoms. The normalized spacial score (nSPS) is 14.3. The zero-order valence-corrected chi connectivity index (χ0v) is 14.6. The number of hydrogen-bond donors (Lipinski definition) is 0. The van der Waals surface area contributed by atoms with E-state index in [1.54, 1.807) is 12.1 Å². The molecule has 7 nitrogen and oxygen atoms in total. The van der Waals surface area contributed by atoms with Crippen molar-refractivity contribution in [1.29, 1.82) is 0 Å². The predicted molar refractivity (Wildman–Crippen MR) is 93.4 cm³/mol. The van der Waals surface area contributed by atoms with Crippen LogP contribution in [-0.2, 0) is 0 Å². The van der Waals surface area contributed by atoms with Crippen molar-refractivity contribution in [3.63, 3.8) is 0 Å². The Labute approximate surface area is 146 Å². The topological polar surface area (TPSA) is 101 Å². The lowest BCUT2D eigenvalue weighted by Crippen LogP contribution is -2.25. The first-order chi connectivity index (χ1) is 12.1. The summed E-state index contributed by atoms with van der Waals surface area (Å²) >= 11 is 0. The molecule has 1 aromatic rings. The van der Waals surface area contributed by atoms with E-state index in [9.17, 15) is 9.59 Å². The Bertz CT molecular complexity index is 764. The number of benzene rings is 1. The summed E-state index contributed by atoms with van der Waals surface area (Å²) in [7, 11) is 2.87. The first-order valence-electron chi connectivity index (χ1n) is 8.18. The van der Waals surface area contributed by atoms with Crippen molar-refractivity contribution in [3.05, 3.63) is 45.4 Å². The number of unbranched alkanes of at least 4 members (excludes halogenated alkanes) is 2. The Balaban J connectivity index is 2.51. The number of carbonyl (C=O) groups excluding carboxylic acids is 2. The maximum Gasteiger partial charge on any atom is 0.194 e. The first-order valence-corrected chi connectivity index (χ1v) is 8.18. The second-order valence-corrected chi connectivity index (χ2v) is 5.73. The molecular weight excluding hydrogens is 322 g/mol. The van der Waals surface area contributed by atoms with Gasteiger partial charge >= 0.3 is 0 Å². The molecule has 132 valence electrons. The fourth-order valence-electron chi connectivity index (χ4n) is 2.97. The summed E-state index contributed by atoms with van der Waals surface area (Å²) < 4.78 is 10.5. The third-order valence-electron chi connectivity index (χ3n) is 4.22. The van der Waals surface area contributed by atoms with Crippen LogP contribution in [0.1, 0.15) is 53.3 Å². The number of carbonyl (C=O) groups is 2. The van der Waals surface area contributed by atoms with Crippen LogP contribution in [0.3, 0.4) is 0 Å². The van der Waals surface area contributed by atoms with Gasteiger partial charge in [-0.3, -0.25) is 9.59 Å². The molecule has 1 aromatic carbocycles. The molecule has 1 atom stereocenters. The molecule has 1 unspecified atom stereocenters. The van der Waals surface area contributed by atoms with Gasteiger partial charge in [0.2, 0.25) is 0 Å². The number of fused-ring (bicyclic) bond motifs is 1. The van der Waals surface area contributed by atoms with Gasteiger partial charge in [-0.15, -0.1) is 0 Å². The second kappa shape index (κ2) is 8.35. The van der Waals surface area contributed by atoms with Gasteiger partial charge in [0, 0.05) is 10.5 Å². The molecule has 0 aromatic heterocycles. The summed E-state index contributed by atoms with van der Waals surface area (Å²) in [4.78, 5) is 28.5. The molecular formula is C18H21N3O4. The third kappa shape index (κ3) is 3.67. The van der Waals surface area contributed by atoms with Crippen LogP contribution in [0.4, 0.5) is 0 Å². The van der Waals surface area contributed by atoms with Crippen molar-refractivity contribution < 1.29 is 19.1 Å². The minimum atomic E-state index is -0.669. The molecule has 0 saturated heterocycles. The van der Waals surface area contributed by atoms with Crippen LogP contribution in [0, 0.1) is 0 Å². The molecule has 0 aliphatic heterocycles. The van der Waals surface area contributed by atoms with Crippen molar-refractivity contribution >= 4 is 11.6 Å². The van der Waals surface area contributed by atoms with Gasteiger partial charge in [-0.1, -0.05) is 31.3 Å². The zero-order valence-electron chi connectivity index (χ0n) is 14.6. The second-order valence-electron chi connectivity index (χ2n) is 5.73. The molecule has 0 heterocycles. The van der Waals surface area contributed by atoms with Crippen LogP contribution in [0.5, 0.6) is 11.5 Å². The number of nitrogens with zero attached hydrogens (tertiary/aromatic N) is 3. The summed E-state index contributed by atoms with van der Waals surface area (Å²) in [6, 6.07) is 2.51. The summed E-state index contributed by atoms with van der Waals surface area (Å²) in [5.74, 6) is -0.100. The molecule has 0 N–H and O–H groups in total. The molecule has 0 saturated carbocycles. The van der Waals surface area contributed by atoms with Crippen LogP contribution in [-0.4, -0.2) is 31.8 Å². The van der Waals surface area contributed by atoms with Crippen LogP contribution >= 0.6 is 0 Å². The Morgan fingerprint density at radius 3 is 2.32 bits per heavy atom. The third-order valence-corrected chi connectivity index (χ3v) is 4.22. The molecule has 25 heavy (non-hydrogen) atoms. The van der Waals surface area contributed by atoms with E-state index in [0.717, 1.165) is 19.3 Å². The van der Waals surface area contributed by atoms with E-state index >= 15 is 0 Å². The van der Waals surface area contributed by atoms with E-state index in [1.807, 2.05) is 0 Å². The highest BCUT2D eigenvalue weighted by Gasteiger charge is 2.34. The Morgan fingerprint density at radius 2 is 1.76 bits per heavy atom. The van der Waals surface area contributed by atoms with Gasteiger partial charge in [0.15, 0.2) is 11.6 Å². The number of allylic oxidation sites excluding steroid dienone is 1. The van der Waals surface area contributed by atoms with Gasteiger partial charge in [-0.05, 0) is 30.2 Å². The lowest BCUT2D eigenvalue weighted by molar-refractivity contribution is 0.0973. The SMILES string of the molecule is CCCCCC(N=[N+]=[N-])C1=CC(=O)c2c(OC)ccc(OC)c2C1=O. The standard InChI is InChI=1S/C18H21N3O4/c1-4-5-6-7-12(20-21-19)11-10-13(22)16-14(24-2)8-9-15(25-3)17(16)18(11)23/h8-10,12H,4-7H2,1-3H3. The monoisotopic (exact) mass is 343 g/mol. The van der Waals surface area contributed by atoms with E-state index < -0.39 is 6.04 Å². The molecule has 0 bridgehead atoms. The number of hydrogen-bond acceptors (Lipinski definition) is 5. The Hall–Kier alpha value is -2.79. The number of ether oxygens (including phenoxy) is 2. The van der Waals surface area contributed by atoms with E-state index in [-0.39, 0.29) is 28.3 Å². The minimum absolute atomic E-state index is 0.165. The minimum Gasteiger partial charge on any atom is -0.496 e. The highest BCUT2D eigenvalue weighted by atomic mass is 16.5. The van der Waals surface area contributed by atoms with Crippen molar-refractivity contribution in [3.8, 4) is 11.5 Å². The fraction of sp³-hybridized carbons (Fsp3) is 0.444. The quantitative estimate of drug-likeness (QED) is 0.304. The predicted octanol–water partition coefficient (Wildman–Crippen LogP) is 4.27. The van der Waals surface area contributed by atoms with Gasteiger partial charge in [0.05, 0.1) is 31.4 Å². The van der Waals surface area contributed by atoms with Gasteiger partial charge in [-0.2, -0.15) is 0 Å². The van der Waals surface area contributed by atoms with Crippen molar-refractivity contribution in [1.82, 2.24) is 0 Å². The molecule has 1 aliphatic carbocycles. The number of Topliss-reactive ketones (excluding diaryl/α,β-unsaturated/α-hetero) is 1. The van der Waals surface area contributed by atoms with Crippen molar-refractivity contribution in [2.24, 2.45) is 5.11 Å². The average Bonchev–Trinajstić information content (AvgIpc) is 2.63. The van der Waals surface area contributed by atoms with E-state index in [0.29, 0.717) is 17.9 Å². The first kappa shape index (κ1) is 18.5. The fourth-order valence-corrected chi connectivity index (χ4v) is 2.97. The molecule has 0 spiro atoms. The van der Waals surface area contributed by atoms with Crippen LogP contribution in [0.25, 0.3) is 10.4 Å². The van der Waals surface area contributed by atoms with E-state index in [1.165, 1.54) is 20.3 Å². The summed E-state index contributed by atoms with van der Waals surface area (Å²) in [6.07, 6.45) is 4.55. The largest absolute Gasteiger partial charge is 0.496 e. The lowest BCUT2D eigenvalue weighted by atomic mass is 9.84. The maximum atomic E-state index is 13.0. The molecule has 1 aliphatic rings. The summed E-state index contributed by atoms with van der Waals surface area (Å²) in [5, 5.41) is 3.74. The number of ketones is 2. The highest BCUT2D eigenvalue weighted by molar-refractivity contribution is 6.27. The number of azide groups is 1. The van der Waals surface area contributed by atoms with Crippen molar-refractivity contribution in [2.75, 3.05) is 14.2 Å². The smallest absolute Gasteiger partial charge is 0.194 e. The van der Waals surface area contributed by atoms with Gasteiger partial charge in [0.1, 0.15) is 11.5 Å². The average molecular weight is 343 g/mol. The number of methoxy groups -OCH3 is 2. The Morgan fingerprint density at radius 1 is 1.12 bits per heavy atom.